The van der Waals surface area contributed by atoms with Crippen LogP contribution in [-0.2, 0) is 11.2 Å². The van der Waals surface area contributed by atoms with E-state index in [-0.39, 0.29) is 0 Å². The van der Waals surface area contributed by atoms with Gasteiger partial charge in [-0.15, -0.1) is 0 Å². The normalized spacial score (nSPS) is 12.0. The van der Waals surface area contributed by atoms with Crippen molar-refractivity contribution in [3.8, 4) is 5.75 Å². The molecule has 116 valence electrons. The van der Waals surface area contributed by atoms with Gasteiger partial charge in [0.2, 0.25) is 0 Å². The van der Waals surface area contributed by atoms with Crippen molar-refractivity contribution in [1.29, 1.82) is 0 Å². The van der Waals surface area contributed by atoms with Crippen LogP contribution in [0.15, 0.2) is 36.4 Å². The van der Waals surface area contributed by atoms with Crippen molar-refractivity contribution in [2.75, 3.05) is 0 Å². The second-order valence-electron chi connectivity index (χ2n) is 5.81. The van der Waals surface area contributed by atoms with Gasteiger partial charge >= 0.3 is 5.97 Å². The number of ether oxygens (including phenoxy) is 1. The summed E-state index contributed by atoms with van der Waals surface area (Å²) >= 11 is 0. The van der Waals surface area contributed by atoms with Gasteiger partial charge in [-0.05, 0) is 67.6 Å². The molecule has 0 amide bonds. The van der Waals surface area contributed by atoms with Gasteiger partial charge in [-0.3, -0.25) is 0 Å². The van der Waals surface area contributed by atoms with Crippen LogP contribution < -0.4 is 4.74 Å². The van der Waals surface area contributed by atoms with Crippen molar-refractivity contribution in [3.63, 3.8) is 0 Å². The van der Waals surface area contributed by atoms with Crippen LogP contribution in [0.2, 0.25) is 0 Å². The van der Waals surface area contributed by atoms with Crippen molar-refractivity contribution in [2.45, 2.75) is 40.2 Å². The summed E-state index contributed by atoms with van der Waals surface area (Å²) < 4.78 is 5.69. The van der Waals surface area contributed by atoms with Crippen molar-refractivity contribution in [1.82, 2.24) is 0 Å². The first-order chi connectivity index (χ1) is 10.4. The van der Waals surface area contributed by atoms with E-state index in [0.717, 1.165) is 22.3 Å². The fourth-order valence-corrected chi connectivity index (χ4v) is 2.28. The summed E-state index contributed by atoms with van der Waals surface area (Å²) in [5.74, 6) is -0.351. The van der Waals surface area contributed by atoms with Crippen molar-refractivity contribution >= 4 is 5.97 Å². The van der Waals surface area contributed by atoms with E-state index in [0.29, 0.717) is 12.2 Å². The lowest BCUT2D eigenvalue weighted by Crippen LogP contribution is -2.29. The Kier molecular flexibility index (Phi) is 4.86. The Morgan fingerprint density at radius 3 is 2.09 bits per heavy atom. The number of aliphatic carboxylic acids is 1. The molecule has 1 unspecified atom stereocenters. The molecule has 0 aliphatic rings. The lowest BCUT2D eigenvalue weighted by Gasteiger charge is -2.16. The van der Waals surface area contributed by atoms with Gasteiger partial charge in [-0.2, -0.15) is 0 Å². The minimum atomic E-state index is -0.948. The largest absolute Gasteiger partial charge is 0.478 e. The van der Waals surface area contributed by atoms with Crippen molar-refractivity contribution in [3.05, 3.63) is 64.2 Å². The van der Waals surface area contributed by atoms with Crippen LogP contribution in [0, 0.1) is 27.7 Å². The Hall–Kier alpha value is -2.29. The summed E-state index contributed by atoms with van der Waals surface area (Å²) in [5, 5.41) is 9.42. The summed E-state index contributed by atoms with van der Waals surface area (Å²) in [7, 11) is 0. The zero-order valence-corrected chi connectivity index (χ0v) is 13.5. The average Bonchev–Trinajstić information content (AvgIpc) is 2.46. The Bertz CT molecular complexity index is 636. The molecule has 0 heterocycles. The van der Waals surface area contributed by atoms with Crippen LogP contribution in [0.25, 0.3) is 0 Å². The van der Waals surface area contributed by atoms with Crippen molar-refractivity contribution in [2.24, 2.45) is 0 Å². The molecule has 2 rings (SSSR count). The second-order valence-corrected chi connectivity index (χ2v) is 5.81. The predicted octanol–water partition coefficient (Wildman–Crippen LogP) is 3.99. The van der Waals surface area contributed by atoms with Crippen molar-refractivity contribution < 1.29 is 14.6 Å². The first-order valence-electron chi connectivity index (χ1n) is 7.39. The van der Waals surface area contributed by atoms with Gasteiger partial charge in [0.05, 0.1) is 0 Å². The van der Waals surface area contributed by atoms with Crippen LogP contribution in [0.4, 0.5) is 0 Å². The zero-order chi connectivity index (χ0) is 16.3. The molecule has 0 aliphatic carbocycles. The van der Waals surface area contributed by atoms with E-state index >= 15 is 0 Å². The van der Waals surface area contributed by atoms with E-state index in [4.69, 9.17) is 4.74 Å². The van der Waals surface area contributed by atoms with Crippen LogP contribution in [0.3, 0.4) is 0 Å². The van der Waals surface area contributed by atoms with E-state index in [1.54, 1.807) is 0 Å². The molecular weight excluding hydrogens is 276 g/mol. The fraction of sp³-hybridized carbons (Fsp3) is 0.316. The van der Waals surface area contributed by atoms with Gasteiger partial charge in [0.1, 0.15) is 5.75 Å². The number of carboxylic acids is 1. The topological polar surface area (TPSA) is 46.5 Å². The van der Waals surface area contributed by atoms with E-state index in [2.05, 4.69) is 0 Å². The second kappa shape index (κ2) is 6.65. The molecule has 2 aromatic rings. The van der Waals surface area contributed by atoms with Gasteiger partial charge in [-0.1, -0.05) is 24.3 Å². The van der Waals surface area contributed by atoms with Crippen LogP contribution in [0.1, 0.15) is 27.8 Å². The third kappa shape index (κ3) is 3.88. The molecule has 0 radical (unpaired) electrons. The SMILES string of the molecule is Cc1ccc(CC(Oc2ccc(C)c(C)c2)C(=O)O)cc1C. The van der Waals surface area contributed by atoms with E-state index in [9.17, 15) is 9.90 Å². The first kappa shape index (κ1) is 16.1. The Balaban J connectivity index is 2.17. The van der Waals surface area contributed by atoms with Gasteiger partial charge in [0.25, 0.3) is 0 Å². The fourth-order valence-electron chi connectivity index (χ4n) is 2.28. The molecule has 0 saturated heterocycles. The van der Waals surface area contributed by atoms with Gasteiger partial charge in [0.15, 0.2) is 6.10 Å². The third-order valence-corrected chi connectivity index (χ3v) is 4.02. The summed E-state index contributed by atoms with van der Waals surface area (Å²) in [6.45, 7) is 8.07. The standard InChI is InChI=1S/C19H22O3/c1-12-5-7-16(9-14(12)3)11-18(19(20)21)22-17-8-6-13(2)15(4)10-17/h5-10,18H,11H2,1-4H3,(H,20,21). The van der Waals surface area contributed by atoms with Gasteiger partial charge in [-0.25, -0.2) is 4.79 Å². The molecule has 22 heavy (non-hydrogen) atoms. The number of carbonyl (C=O) groups is 1. The minimum absolute atomic E-state index is 0.351. The smallest absolute Gasteiger partial charge is 0.345 e. The maximum atomic E-state index is 11.5. The summed E-state index contributed by atoms with van der Waals surface area (Å²) in [6.07, 6.45) is -0.534. The maximum Gasteiger partial charge on any atom is 0.345 e. The van der Waals surface area contributed by atoms with Crippen LogP contribution in [0.5, 0.6) is 5.75 Å². The number of benzene rings is 2. The maximum absolute atomic E-state index is 11.5. The summed E-state index contributed by atoms with van der Waals surface area (Å²) in [4.78, 5) is 11.5. The number of rotatable bonds is 5. The lowest BCUT2D eigenvalue weighted by molar-refractivity contribution is -0.145. The molecule has 0 spiro atoms. The molecule has 0 aromatic heterocycles. The quantitative estimate of drug-likeness (QED) is 0.907. The molecule has 0 aliphatic heterocycles. The summed E-state index contributed by atoms with van der Waals surface area (Å²) in [5.41, 5.74) is 5.58. The van der Waals surface area contributed by atoms with E-state index in [1.165, 1.54) is 5.56 Å². The van der Waals surface area contributed by atoms with Gasteiger partial charge in [0, 0.05) is 6.42 Å². The molecule has 0 saturated carbocycles. The average molecular weight is 298 g/mol. The highest BCUT2D eigenvalue weighted by atomic mass is 16.5. The van der Waals surface area contributed by atoms with E-state index < -0.39 is 12.1 Å². The third-order valence-electron chi connectivity index (χ3n) is 4.02. The molecule has 3 heteroatoms. The highest BCUT2D eigenvalue weighted by Gasteiger charge is 2.20. The number of hydrogen-bond donors (Lipinski definition) is 1. The molecular formula is C19H22O3. The number of hydrogen-bond acceptors (Lipinski definition) is 2. The molecule has 1 N–H and O–H groups in total. The monoisotopic (exact) mass is 298 g/mol. The molecule has 0 fully saturated rings. The highest BCUT2D eigenvalue weighted by Crippen LogP contribution is 2.20. The Morgan fingerprint density at radius 2 is 1.55 bits per heavy atom. The van der Waals surface area contributed by atoms with E-state index in [1.807, 2.05) is 64.1 Å². The molecule has 3 nitrogen and oxygen atoms in total. The molecule has 2 aromatic carbocycles. The lowest BCUT2D eigenvalue weighted by atomic mass is 10.0. The predicted molar refractivity (Wildman–Crippen MR) is 87.6 cm³/mol. The molecule has 1 atom stereocenters. The Morgan fingerprint density at radius 1 is 0.955 bits per heavy atom. The minimum Gasteiger partial charge on any atom is -0.478 e. The first-order valence-corrected chi connectivity index (χ1v) is 7.39. The van der Waals surface area contributed by atoms with Crippen LogP contribution >= 0.6 is 0 Å². The van der Waals surface area contributed by atoms with Crippen LogP contribution in [-0.4, -0.2) is 17.2 Å². The number of aryl methyl sites for hydroxylation is 4. The highest BCUT2D eigenvalue weighted by molar-refractivity contribution is 5.73. The molecule has 0 bridgehead atoms. The number of carboxylic acid groups (broad SMARTS) is 1. The Labute approximate surface area is 131 Å². The summed E-state index contributed by atoms with van der Waals surface area (Å²) in [6, 6.07) is 11.6. The van der Waals surface area contributed by atoms with Gasteiger partial charge < -0.3 is 9.84 Å². The zero-order valence-electron chi connectivity index (χ0n) is 13.5.